The van der Waals surface area contributed by atoms with Gasteiger partial charge in [0, 0.05) is 19.7 Å². The van der Waals surface area contributed by atoms with Gasteiger partial charge in [0.1, 0.15) is 5.82 Å². The summed E-state index contributed by atoms with van der Waals surface area (Å²) in [5.74, 6) is -1.12. The molecule has 2 aliphatic heterocycles. The van der Waals surface area contributed by atoms with Crippen LogP contribution in [0.5, 0.6) is 0 Å². The van der Waals surface area contributed by atoms with Crippen LogP contribution in [0.15, 0.2) is 24.3 Å². The van der Waals surface area contributed by atoms with Crippen LogP contribution in [-0.4, -0.2) is 47.7 Å². The molecule has 0 bridgehead atoms. The molecule has 4 rings (SSSR count). The number of hydrogen-bond donors (Lipinski definition) is 1. The lowest BCUT2D eigenvalue weighted by atomic mass is 9.83. The third kappa shape index (κ3) is 3.59. The van der Waals surface area contributed by atoms with Crippen molar-refractivity contribution in [3.8, 4) is 0 Å². The van der Waals surface area contributed by atoms with E-state index in [1.807, 2.05) is 11.0 Å². The number of carboxylic acid groups (broad SMARTS) is 1. The fraction of sp³-hybridized carbons (Fsp3) is 0.619. The summed E-state index contributed by atoms with van der Waals surface area (Å²) in [5, 5.41) is 9.36. The van der Waals surface area contributed by atoms with Gasteiger partial charge in [0.05, 0.1) is 17.4 Å². The van der Waals surface area contributed by atoms with Crippen molar-refractivity contribution in [3.05, 3.63) is 35.6 Å². The van der Waals surface area contributed by atoms with Crippen LogP contribution in [0.1, 0.15) is 37.7 Å². The molecular weight excluding hydrogens is 349 g/mol. The number of likely N-dealkylation sites (tertiary alicyclic amines) is 1. The Bertz CT molecular complexity index is 725. The second-order valence-corrected chi connectivity index (χ2v) is 8.25. The Kier molecular flexibility index (Phi) is 4.93. The lowest BCUT2D eigenvalue weighted by Gasteiger charge is -2.37. The van der Waals surface area contributed by atoms with Gasteiger partial charge >= 0.3 is 5.97 Å². The van der Waals surface area contributed by atoms with Crippen LogP contribution in [0.25, 0.3) is 0 Å². The molecule has 2 atom stereocenters. The quantitative estimate of drug-likeness (QED) is 0.859. The first-order valence-electron chi connectivity index (χ1n) is 9.87. The number of benzene rings is 1. The van der Waals surface area contributed by atoms with Crippen molar-refractivity contribution < 1.29 is 23.8 Å². The van der Waals surface area contributed by atoms with Gasteiger partial charge in [-0.2, -0.15) is 0 Å². The van der Waals surface area contributed by atoms with Crippen LogP contribution < -0.4 is 0 Å². The van der Waals surface area contributed by atoms with Crippen molar-refractivity contribution in [2.24, 2.45) is 17.3 Å². The largest absolute Gasteiger partial charge is 0.481 e. The van der Waals surface area contributed by atoms with E-state index in [4.69, 9.17) is 4.74 Å². The standard InChI is InChI=1S/C21H26FNO4/c22-17-4-2-1-3-15(17)13-21(8-9-21)20(26)23-10-5-14(6-11-23)18-16(19(24)25)7-12-27-18/h1-4,14,16,18H,5-13H2,(H,24,25)/t16?,18-/m0/s1. The molecule has 1 aromatic rings. The maximum Gasteiger partial charge on any atom is 0.309 e. The van der Waals surface area contributed by atoms with E-state index in [2.05, 4.69) is 0 Å². The number of amides is 1. The maximum absolute atomic E-state index is 14.0. The average molecular weight is 375 g/mol. The zero-order chi connectivity index (χ0) is 19.0. The van der Waals surface area contributed by atoms with Gasteiger partial charge in [0.25, 0.3) is 0 Å². The van der Waals surface area contributed by atoms with Gasteiger partial charge in [0.15, 0.2) is 0 Å². The minimum absolute atomic E-state index is 0.131. The van der Waals surface area contributed by atoms with Gasteiger partial charge in [0.2, 0.25) is 5.91 Å². The Balaban J connectivity index is 1.36. The number of aliphatic carboxylic acids is 1. The molecule has 146 valence electrons. The van der Waals surface area contributed by atoms with E-state index in [9.17, 15) is 19.1 Å². The van der Waals surface area contributed by atoms with Crippen molar-refractivity contribution in [1.82, 2.24) is 4.90 Å². The Morgan fingerprint density at radius 2 is 1.89 bits per heavy atom. The zero-order valence-corrected chi connectivity index (χ0v) is 15.4. The van der Waals surface area contributed by atoms with Crippen molar-refractivity contribution in [2.75, 3.05) is 19.7 Å². The molecule has 5 nitrogen and oxygen atoms in total. The molecule has 3 fully saturated rings. The van der Waals surface area contributed by atoms with Crippen molar-refractivity contribution >= 4 is 11.9 Å². The molecule has 0 radical (unpaired) electrons. The number of piperidine rings is 1. The molecule has 1 aliphatic carbocycles. The van der Waals surface area contributed by atoms with E-state index in [1.54, 1.807) is 12.1 Å². The first-order chi connectivity index (χ1) is 13.0. The first kappa shape index (κ1) is 18.4. The molecule has 2 saturated heterocycles. The number of halogens is 1. The van der Waals surface area contributed by atoms with Crippen LogP contribution in [0.3, 0.4) is 0 Å². The van der Waals surface area contributed by atoms with Gasteiger partial charge in [-0.25, -0.2) is 4.39 Å². The van der Waals surface area contributed by atoms with E-state index in [0.717, 1.165) is 25.7 Å². The van der Waals surface area contributed by atoms with Gasteiger partial charge < -0.3 is 14.7 Å². The number of ether oxygens (including phenoxy) is 1. The number of carbonyl (C=O) groups is 2. The van der Waals surface area contributed by atoms with E-state index >= 15 is 0 Å². The molecule has 2 heterocycles. The molecule has 1 N–H and O–H groups in total. The first-order valence-corrected chi connectivity index (χ1v) is 9.87. The van der Waals surface area contributed by atoms with Gasteiger partial charge in [-0.05, 0) is 56.1 Å². The summed E-state index contributed by atoms with van der Waals surface area (Å²) in [6.07, 6.45) is 3.98. The van der Waals surface area contributed by atoms with Gasteiger partial charge in [-0.1, -0.05) is 18.2 Å². The number of nitrogens with zero attached hydrogens (tertiary/aromatic N) is 1. The fourth-order valence-corrected chi connectivity index (χ4v) is 4.73. The molecule has 1 saturated carbocycles. The summed E-state index contributed by atoms with van der Waals surface area (Å²) < 4.78 is 19.7. The Hall–Kier alpha value is -1.95. The van der Waals surface area contributed by atoms with Gasteiger partial charge in [-0.15, -0.1) is 0 Å². The van der Waals surface area contributed by atoms with E-state index in [-0.39, 0.29) is 23.7 Å². The van der Waals surface area contributed by atoms with Crippen LogP contribution in [0.4, 0.5) is 4.39 Å². The predicted molar refractivity (Wildman–Crippen MR) is 96.6 cm³/mol. The zero-order valence-electron chi connectivity index (χ0n) is 15.4. The van der Waals surface area contributed by atoms with E-state index < -0.39 is 17.3 Å². The highest BCUT2D eigenvalue weighted by molar-refractivity contribution is 5.85. The topological polar surface area (TPSA) is 66.8 Å². The summed E-state index contributed by atoms with van der Waals surface area (Å²) in [4.78, 5) is 26.4. The van der Waals surface area contributed by atoms with Crippen LogP contribution in [0.2, 0.25) is 0 Å². The normalized spacial score (nSPS) is 27.5. The second kappa shape index (κ2) is 7.23. The minimum Gasteiger partial charge on any atom is -0.481 e. The highest BCUT2D eigenvalue weighted by Gasteiger charge is 2.52. The van der Waals surface area contributed by atoms with E-state index in [1.165, 1.54) is 6.07 Å². The summed E-state index contributed by atoms with van der Waals surface area (Å²) in [5.41, 5.74) is 0.171. The van der Waals surface area contributed by atoms with Crippen LogP contribution in [-0.2, 0) is 20.7 Å². The van der Waals surface area contributed by atoms with Crippen molar-refractivity contribution in [2.45, 2.75) is 44.6 Å². The third-order valence-electron chi connectivity index (χ3n) is 6.54. The molecule has 0 aromatic heterocycles. The summed E-state index contributed by atoms with van der Waals surface area (Å²) >= 11 is 0. The monoisotopic (exact) mass is 375 g/mol. The summed E-state index contributed by atoms with van der Waals surface area (Å²) in [6.45, 7) is 1.77. The molecule has 3 aliphatic rings. The second-order valence-electron chi connectivity index (χ2n) is 8.25. The highest BCUT2D eigenvalue weighted by Crippen LogP contribution is 2.50. The van der Waals surface area contributed by atoms with E-state index in [0.29, 0.717) is 38.1 Å². The molecule has 27 heavy (non-hydrogen) atoms. The molecule has 1 unspecified atom stereocenters. The average Bonchev–Trinajstić information content (AvgIpc) is 3.27. The molecular formula is C21H26FNO4. The van der Waals surface area contributed by atoms with Crippen molar-refractivity contribution in [1.29, 1.82) is 0 Å². The molecule has 0 spiro atoms. The lowest BCUT2D eigenvalue weighted by molar-refractivity contribution is -0.146. The Morgan fingerprint density at radius 1 is 1.19 bits per heavy atom. The Labute approximate surface area is 158 Å². The third-order valence-corrected chi connectivity index (χ3v) is 6.54. The molecule has 6 heteroatoms. The number of hydrogen-bond acceptors (Lipinski definition) is 3. The van der Waals surface area contributed by atoms with Gasteiger partial charge in [-0.3, -0.25) is 9.59 Å². The summed E-state index contributed by atoms with van der Waals surface area (Å²) in [7, 11) is 0. The van der Waals surface area contributed by atoms with Crippen LogP contribution in [0, 0.1) is 23.1 Å². The SMILES string of the molecule is O=C(O)C1CCO[C@H]1C1CCN(C(=O)C2(Cc3ccccc3F)CC2)CC1. The highest BCUT2D eigenvalue weighted by atomic mass is 19.1. The number of carboxylic acids is 1. The molecule has 1 amide bonds. The Morgan fingerprint density at radius 3 is 2.52 bits per heavy atom. The molecule has 1 aromatic carbocycles. The minimum atomic E-state index is -0.780. The number of carbonyl (C=O) groups excluding carboxylic acids is 1. The lowest BCUT2D eigenvalue weighted by Crippen LogP contribution is -2.46. The van der Waals surface area contributed by atoms with Crippen LogP contribution >= 0.6 is 0 Å². The predicted octanol–water partition coefficient (Wildman–Crippen LogP) is 2.88. The van der Waals surface area contributed by atoms with Crippen molar-refractivity contribution in [3.63, 3.8) is 0 Å². The smallest absolute Gasteiger partial charge is 0.309 e. The number of rotatable bonds is 5. The maximum atomic E-state index is 14.0. The fourth-order valence-electron chi connectivity index (χ4n) is 4.73. The summed E-state index contributed by atoms with van der Waals surface area (Å²) in [6, 6.07) is 6.69.